The fourth-order valence-corrected chi connectivity index (χ4v) is 5.97. The largest absolute Gasteiger partial charge is 0.261 e. The van der Waals surface area contributed by atoms with Crippen LogP contribution in [0, 0.1) is 11.8 Å². The highest BCUT2D eigenvalue weighted by molar-refractivity contribution is 5.21. The highest BCUT2D eigenvalue weighted by Crippen LogP contribution is 2.39. The highest BCUT2D eigenvalue weighted by Gasteiger charge is 2.25. The molecule has 0 spiro atoms. The Labute approximate surface area is 181 Å². The van der Waals surface area contributed by atoms with Gasteiger partial charge in [0.2, 0.25) is 0 Å². The third-order valence-corrected chi connectivity index (χ3v) is 8.07. The molecule has 0 aliphatic heterocycles. The summed E-state index contributed by atoms with van der Waals surface area (Å²) < 4.78 is 0. The fourth-order valence-electron chi connectivity index (χ4n) is 5.97. The summed E-state index contributed by atoms with van der Waals surface area (Å²) in [6.45, 7) is 4.62. The highest BCUT2D eigenvalue weighted by atomic mass is 14.7. The minimum Gasteiger partial charge on any atom is -0.261 e. The van der Waals surface area contributed by atoms with Gasteiger partial charge in [-0.15, -0.1) is 0 Å². The molecule has 0 atom stereocenters. The molecule has 0 bridgehead atoms. The molecule has 2 aliphatic carbocycles. The summed E-state index contributed by atoms with van der Waals surface area (Å²) in [5.74, 6) is 3.50. The predicted molar refractivity (Wildman–Crippen MR) is 127 cm³/mol. The quantitative estimate of drug-likeness (QED) is 0.339. The normalized spacial score (nSPS) is 27.8. The second-order valence-corrected chi connectivity index (χ2v) is 10.3. The first kappa shape index (κ1) is 22.8. The Kier molecular flexibility index (Phi) is 10.0. The number of hydrogen-bond donors (Lipinski definition) is 0. The number of rotatable bonds is 11. The first-order valence-electron chi connectivity index (χ1n) is 13.3. The molecular formula is C28H47N. The maximum absolute atomic E-state index is 4.97. The van der Waals surface area contributed by atoms with Gasteiger partial charge in [-0.2, -0.15) is 0 Å². The maximum atomic E-state index is 4.97. The number of aromatic nitrogens is 1. The lowest BCUT2D eigenvalue weighted by atomic mass is 9.76. The van der Waals surface area contributed by atoms with Crippen LogP contribution in [0.1, 0.15) is 146 Å². The smallest absolute Gasteiger partial charge is 0.0434 e. The molecule has 2 fully saturated rings. The van der Waals surface area contributed by atoms with E-state index in [1.54, 1.807) is 0 Å². The van der Waals surface area contributed by atoms with E-state index in [-0.39, 0.29) is 0 Å². The molecule has 1 nitrogen and oxygen atoms in total. The molecule has 1 heterocycles. The molecule has 29 heavy (non-hydrogen) atoms. The molecule has 2 aliphatic rings. The molecule has 2 saturated carbocycles. The summed E-state index contributed by atoms with van der Waals surface area (Å²) in [6, 6.07) is 4.82. The van der Waals surface area contributed by atoms with E-state index >= 15 is 0 Å². The number of nitrogens with zero attached hydrogens (tertiary/aromatic N) is 1. The summed E-state index contributed by atoms with van der Waals surface area (Å²) in [5.41, 5.74) is 2.90. The fraction of sp³-hybridized carbons (Fsp3) is 0.821. The van der Waals surface area contributed by atoms with Crippen LogP contribution in [0.25, 0.3) is 0 Å². The molecule has 0 aromatic carbocycles. The van der Waals surface area contributed by atoms with Gasteiger partial charge in [0.25, 0.3) is 0 Å². The van der Waals surface area contributed by atoms with Crippen molar-refractivity contribution in [3.8, 4) is 0 Å². The van der Waals surface area contributed by atoms with Crippen LogP contribution in [0.3, 0.4) is 0 Å². The maximum Gasteiger partial charge on any atom is 0.0434 e. The van der Waals surface area contributed by atoms with E-state index < -0.39 is 0 Å². The molecule has 0 amide bonds. The molecular weight excluding hydrogens is 350 g/mol. The summed E-state index contributed by atoms with van der Waals surface area (Å²) in [5, 5.41) is 0. The number of hydrogen-bond acceptors (Lipinski definition) is 1. The van der Waals surface area contributed by atoms with Crippen molar-refractivity contribution in [2.75, 3.05) is 0 Å². The predicted octanol–water partition coefficient (Wildman–Crippen LogP) is 9.18. The molecule has 1 aromatic heterocycles. The third-order valence-electron chi connectivity index (χ3n) is 8.07. The van der Waals surface area contributed by atoms with Gasteiger partial charge in [-0.05, 0) is 80.8 Å². The lowest BCUT2D eigenvalue weighted by Gasteiger charge is -2.30. The summed E-state index contributed by atoms with van der Waals surface area (Å²) in [4.78, 5) is 4.97. The Morgan fingerprint density at radius 3 is 1.76 bits per heavy atom. The van der Waals surface area contributed by atoms with Crippen molar-refractivity contribution in [3.63, 3.8) is 0 Å². The van der Waals surface area contributed by atoms with Crippen LogP contribution in [0.2, 0.25) is 0 Å². The summed E-state index contributed by atoms with van der Waals surface area (Å²) in [6.07, 6.45) is 26.4. The standard InChI is InChI=1S/C28H47N/c1-3-5-7-9-11-24-12-16-25(17-13-24)27-20-21-28(29-22-27)26-18-14-23(15-19-26)10-8-6-4-2/h20-26H,3-19H2,1-2H3. The van der Waals surface area contributed by atoms with Crippen molar-refractivity contribution in [3.05, 3.63) is 29.6 Å². The van der Waals surface area contributed by atoms with Crippen molar-refractivity contribution in [1.82, 2.24) is 4.98 Å². The van der Waals surface area contributed by atoms with Crippen LogP contribution in [0.5, 0.6) is 0 Å². The van der Waals surface area contributed by atoms with Gasteiger partial charge in [0.15, 0.2) is 0 Å². The molecule has 1 aromatic rings. The van der Waals surface area contributed by atoms with Gasteiger partial charge in [-0.1, -0.05) is 77.7 Å². The first-order valence-corrected chi connectivity index (χ1v) is 13.3. The van der Waals surface area contributed by atoms with Crippen LogP contribution in [-0.2, 0) is 0 Å². The molecule has 164 valence electrons. The lowest BCUT2D eigenvalue weighted by Crippen LogP contribution is -2.15. The van der Waals surface area contributed by atoms with Crippen molar-refractivity contribution in [2.45, 2.75) is 135 Å². The summed E-state index contributed by atoms with van der Waals surface area (Å²) >= 11 is 0. The van der Waals surface area contributed by atoms with E-state index in [2.05, 4.69) is 32.2 Å². The van der Waals surface area contributed by atoms with Crippen LogP contribution < -0.4 is 0 Å². The monoisotopic (exact) mass is 397 g/mol. The molecule has 0 saturated heterocycles. The number of pyridine rings is 1. The zero-order valence-electron chi connectivity index (χ0n) is 19.5. The molecule has 0 unspecified atom stereocenters. The topological polar surface area (TPSA) is 12.9 Å². The average Bonchev–Trinajstić information content (AvgIpc) is 2.78. The Morgan fingerprint density at radius 2 is 1.21 bits per heavy atom. The zero-order valence-corrected chi connectivity index (χ0v) is 19.5. The van der Waals surface area contributed by atoms with Crippen molar-refractivity contribution >= 4 is 0 Å². The van der Waals surface area contributed by atoms with Gasteiger partial charge in [-0.3, -0.25) is 4.98 Å². The Balaban J connectivity index is 1.38. The second kappa shape index (κ2) is 12.8. The van der Waals surface area contributed by atoms with E-state index in [0.717, 1.165) is 23.7 Å². The first-order chi connectivity index (χ1) is 14.3. The van der Waals surface area contributed by atoms with Gasteiger partial charge in [0.1, 0.15) is 0 Å². The van der Waals surface area contributed by atoms with E-state index in [0.29, 0.717) is 0 Å². The van der Waals surface area contributed by atoms with Crippen LogP contribution in [0.4, 0.5) is 0 Å². The minimum absolute atomic E-state index is 0.727. The minimum atomic E-state index is 0.727. The van der Waals surface area contributed by atoms with E-state index in [4.69, 9.17) is 4.98 Å². The van der Waals surface area contributed by atoms with Crippen molar-refractivity contribution in [1.29, 1.82) is 0 Å². The van der Waals surface area contributed by atoms with Gasteiger partial charge >= 0.3 is 0 Å². The zero-order chi connectivity index (χ0) is 20.3. The molecule has 1 heteroatoms. The lowest BCUT2D eigenvalue weighted by molar-refractivity contribution is 0.298. The van der Waals surface area contributed by atoms with Crippen LogP contribution in [-0.4, -0.2) is 4.98 Å². The number of unbranched alkanes of at least 4 members (excludes halogenated alkanes) is 5. The Bertz CT molecular complexity index is 532. The van der Waals surface area contributed by atoms with E-state index in [9.17, 15) is 0 Å². The van der Waals surface area contributed by atoms with Gasteiger partial charge in [-0.25, -0.2) is 0 Å². The van der Waals surface area contributed by atoms with Crippen molar-refractivity contribution in [2.24, 2.45) is 11.8 Å². The van der Waals surface area contributed by atoms with E-state index in [1.807, 2.05) is 0 Å². The summed E-state index contributed by atoms with van der Waals surface area (Å²) in [7, 11) is 0. The van der Waals surface area contributed by atoms with E-state index in [1.165, 1.54) is 120 Å². The molecule has 0 radical (unpaired) electrons. The second-order valence-electron chi connectivity index (χ2n) is 10.3. The van der Waals surface area contributed by atoms with Gasteiger partial charge in [0.05, 0.1) is 0 Å². The third kappa shape index (κ3) is 7.41. The van der Waals surface area contributed by atoms with Crippen LogP contribution in [0.15, 0.2) is 18.3 Å². The van der Waals surface area contributed by atoms with Crippen molar-refractivity contribution < 1.29 is 0 Å². The Hall–Kier alpha value is -0.850. The van der Waals surface area contributed by atoms with Gasteiger partial charge in [0, 0.05) is 17.8 Å². The Morgan fingerprint density at radius 1 is 0.655 bits per heavy atom. The van der Waals surface area contributed by atoms with Gasteiger partial charge < -0.3 is 0 Å². The SMILES string of the molecule is CCCCCCC1CCC(c2ccc(C3CCC(CCCCC)CC3)nc2)CC1. The molecule has 0 N–H and O–H groups in total. The average molecular weight is 398 g/mol. The van der Waals surface area contributed by atoms with Crippen LogP contribution >= 0.6 is 0 Å². The molecule has 3 rings (SSSR count).